The molecule has 0 aromatic heterocycles. The maximum absolute atomic E-state index is 12.8. The maximum Gasteiger partial charge on any atom is 0.124 e. The summed E-state index contributed by atoms with van der Waals surface area (Å²) in [5.74, 6) is 0.182. The molecule has 1 aliphatic carbocycles. The van der Waals surface area contributed by atoms with Gasteiger partial charge in [0.15, 0.2) is 0 Å². The molecule has 0 heterocycles. The summed E-state index contributed by atoms with van der Waals surface area (Å²) in [6, 6.07) is 4.45. The number of rotatable bonds is 2. The van der Waals surface area contributed by atoms with E-state index in [4.69, 9.17) is 17.3 Å². The van der Waals surface area contributed by atoms with Crippen LogP contribution in [0.2, 0.25) is 5.02 Å². The van der Waals surface area contributed by atoms with Gasteiger partial charge < -0.3 is 5.73 Å². The molecule has 1 aromatic rings. The van der Waals surface area contributed by atoms with Crippen molar-refractivity contribution < 1.29 is 4.39 Å². The van der Waals surface area contributed by atoms with Crippen molar-refractivity contribution in [2.24, 2.45) is 11.7 Å². The highest BCUT2D eigenvalue weighted by Crippen LogP contribution is 2.53. The van der Waals surface area contributed by atoms with Crippen molar-refractivity contribution in [3.63, 3.8) is 0 Å². The Balaban J connectivity index is 2.34. The van der Waals surface area contributed by atoms with Gasteiger partial charge >= 0.3 is 0 Å². The zero-order valence-corrected chi connectivity index (χ0v) is 8.81. The van der Waals surface area contributed by atoms with E-state index in [0.29, 0.717) is 10.9 Å². The Morgan fingerprint density at radius 1 is 1.64 bits per heavy atom. The molecule has 0 saturated heterocycles. The fourth-order valence-corrected chi connectivity index (χ4v) is 2.40. The minimum absolute atomic E-state index is 0.306. The second-order valence-electron chi connectivity index (χ2n) is 3.97. The first-order chi connectivity index (χ1) is 6.58. The molecule has 2 unspecified atom stereocenters. The van der Waals surface area contributed by atoms with Crippen molar-refractivity contribution in [1.82, 2.24) is 0 Å². The fraction of sp³-hybridized carbons (Fsp3) is 0.455. The van der Waals surface area contributed by atoms with Crippen LogP contribution in [-0.2, 0) is 5.54 Å². The van der Waals surface area contributed by atoms with Crippen LogP contribution >= 0.6 is 11.6 Å². The third kappa shape index (κ3) is 1.43. The first-order valence-electron chi connectivity index (χ1n) is 4.82. The lowest BCUT2D eigenvalue weighted by molar-refractivity contribution is 0.604. The fourth-order valence-electron chi connectivity index (χ4n) is 2.05. The second kappa shape index (κ2) is 3.21. The topological polar surface area (TPSA) is 26.0 Å². The molecule has 2 atom stereocenters. The van der Waals surface area contributed by atoms with E-state index in [1.807, 2.05) is 0 Å². The van der Waals surface area contributed by atoms with Crippen molar-refractivity contribution in [2.45, 2.75) is 25.3 Å². The summed E-state index contributed by atoms with van der Waals surface area (Å²) in [5.41, 5.74) is 6.74. The van der Waals surface area contributed by atoms with Crippen molar-refractivity contribution in [2.75, 3.05) is 0 Å². The molecule has 0 spiro atoms. The molecule has 0 amide bonds. The molecule has 0 bridgehead atoms. The van der Waals surface area contributed by atoms with Crippen molar-refractivity contribution in [3.8, 4) is 0 Å². The van der Waals surface area contributed by atoms with Crippen molar-refractivity contribution in [3.05, 3.63) is 34.6 Å². The van der Waals surface area contributed by atoms with Gasteiger partial charge in [0.1, 0.15) is 5.82 Å². The van der Waals surface area contributed by atoms with Crippen molar-refractivity contribution in [1.29, 1.82) is 0 Å². The average molecular weight is 214 g/mol. The van der Waals surface area contributed by atoms with Gasteiger partial charge in [-0.2, -0.15) is 0 Å². The average Bonchev–Trinajstić information content (AvgIpc) is 2.77. The van der Waals surface area contributed by atoms with Gasteiger partial charge in [0.2, 0.25) is 0 Å². The van der Waals surface area contributed by atoms with E-state index < -0.39 is 0 Å². The van der Waals surface area contributed by atoms with Crippen LogP contribution in [0.25, 0.3) is 0 Å². The van der Waals surface area contributed by atoms with Gasteiger partial charge in [-0.25, -0.2) is 4.39 Å². The number of hydrogen-bond donors (Lipinski definition) is 1. The highest BCUT2D eigenvalue weighted by atomic mass is 35.5. The summed E-state index contributed by atoms with van der Waals surface area (Å²) in [5, 5.41) is 0.448. The van der Waals surface area contributed by atoms with E-state index in [-0.39, 0.29) is 11.4 Å². The molecule has 1 aliphatic rings. The molecule has 1 aromatic carbocycles. The van der Waals surface area contributed by atoms with Crippen LogP contribution in [0.4, 0.5) is 4.39 Å². The molecule has 2 N–H and O–H groups in total. The van der Waals surface area contributed by atoms with Crippen molar-refractivity contribution >= 4 is 11.6 Å². The summed E-state index contributed by atoms with van der Waals surface area (Å²) in [4.78, 5) is 0. The Morgan fingerprint density at radius 3 is 2.86 bits per heavy atom. The standard InChI is InChI=1S/C11H13ClFN/c1-2-7-6-11(7,14)9-4-3-8(13)5-10(9)12/h3-5,7H,2,6,14H2,1H3. The first-order valence-corrected chi connectivity index (χ1v) is 5.20. The Labute approximate surface area is 88.1 Å². The van der Waals surface area contributed by atoms with E-state index >= 15 is 0 Å². The Kier molecular flexibility index (Phi) is 2.28. The number of halogens is 2. The normalized spacial score (nSPS) is 30.4. The van der Waals surface area contributed by atoms with E-state index in [1.165, 1.54) is 12.1 Å². The van der Waals surface area contributed by atoms with Crippen LogP contribution in [0, 0.1) is 11.7 Å². The summed E-state index contributed by atoms with van der Waals surface area (Å²) >= 11 is 5.96. The minimum Gasteiger partial charge on any atom is -0.321 e. The third-order valence-corrected chi connectivity index (χ3v) is 3.39. The number of benzene rings is 1. The molecular formula is C11H13ClFN. The van der Waals surface area contributed by atoms with E-state index in [0.717, 1.165) is 18.4 Å². The number of nitrogens with two attached hydrogens (primary N) is 1. The van der Waals surface area contributed by atoms with Gasteiger partial charge in [-0.15, -0.1) is 0 Å². The largest absolute Gasteiger partial charge is 0.321 e. The summed E-state index contributed by atoms with van der Waals surface area (Å²) in [6.07, 6.45) is 2.00. The molecule has 14 heavy (non-hydrogen) atoms. The smallest absolute Gasteiger partial charge is 0.124 e. The van der Waals surface area contributed by atoms with Crippen LogP contribution in [-0.4, -0.2) is 0 Å². The maximum atomic E-state index is 12.8. The zero-order valence-electron chi connectivity index (χ0n) is 8.06. The van der Waals surface area contributed by atoms with E-state index in [2.05, 4.69) is 6.92 Å². The van der Waals surface area contributed by atoms with Gasteiger partial charge in [0.25, 0.3) is 0 Å². The molecule has 76 valence electrons. The molecule has 1 saturated carbocycles. The second-order valence-corrected chi connectivity index (χ2v) is 4.38. The Bertz CT molecular complexity index is 366. The predicted molar refractivity (Wildman–Crippen MR) is 55.7 cm³/mol. The van der Waals surface area contributed by atoms with Gasteiger partial charge in [-0.1, -0.05) is 31.0 Å². The lowest BCUT2D eigenvalue weighted by atomic mass is 10.0. The molecule has 3 heteroatoms. The third-order valence-electron chi connectivity index (χ3n) is 3.08. The van der Waals surface area contributed by atoms with Crippen LogP contribution in [0.15, 0.2) is 18.2 Å². The van der Waals surface area contributed by atoms with E-state index in [1.54, 1.807) is 6.07 Å². The van der Waals surface area contributed by atoms with Gasteiger partial charge in [-0.05, 0) is 30.0 Å². The van der Waals surface area contributed by atoms with Crippen LogP contribution in [0.1, 0.15) is 25.3 Å². The van der Waals surface area contributed by atoms with Crippen LogP contribution in [0.3, 0.4) is 0 Å². The predicted octanol–water partition coefficient (Wildman–Crippen LogP) is 3.06. The summed E-state index contributed by atoms with van der Waals surface area (Å²) in [7, 11) is 0. The molecule has 2 rings (SSSR count). The monoisotopic (exact) mass is 213 g/mol. The Hall–Kier alpha value is -0.600. The van der Waals surface area contributed by atoms with Gasteiger partial charge in [-0.3, -0.25) is 0 Å². The van der Waals surface area contributed by atoms with Crippen LogP contribution < -0.4 is 5.73 Å². The zero-order chi connectivity index (χ0) is 10.3. The molecule has 1 nitrogen and oxygen atoms in total. The summed E-state index contributed by atoms with van der Waals surface area (Å²) in [6.45, 7) is 2.11. The summed E-state index contributed by atoms with van der Waals surface area (Å²) < 4.78 is 12.8. The number of hydrogen-bond acceptors (Lipinski definition) is 1. The van der Waals surface area contributed by atoms with E-state index in [9.17, 15) is 4.39 Å². The molecule has 0 radical (unpaired) electrons. The lowest BCUT2D eigenvalue weighted by Gasteiger charge is -2.13. The highest BCUT2D eigenvalue weighted by Gasteiger charge is 2.51. The lowest BCUT2D eigenvalue weighted by Crippen LogP contribution is -2.22. The minimum atomic E-state index is -0.309. The van der Waals surface area contributed by atoms with Crippen LogP contribution in [0.5, 0.6) is 0 Å². The SMILES string of the molecule is CCC1CC1(N)c1ccc(F)cc1Cl. The first kappa shape index (κ1) is 9.94. The quantitative estimate of drug-likeness (QED) is 0.803. The Morgan fingerprint density at radius 2 is 2.36 bits per heavy atom. The molecule has 1 fully saturated rings. The van der Waals surface area contributed by atoms with Gasteiger partial charge in [0.05, 0.1) is 0 Å². The van der Waals surface area contributed by atoms with Gasteiger partial charge in [0, 0.05) is 10.6 Å². The highest BCUT2D eigenvalue weighted by molar-refractivity contribution is 6.31. The molecular weight excluding hydrogens is 201 g/mol. The molecule has 0 aliphatic heterocycles.